The van der Waals surface area contributed by atoms with Crippen LogP contribution in [-0.2, 0) is 0 Å². The Morgan fingerprint density at radius 1 is 1.29 bits per heavy atom. The molecular formula is C14H10BrFN2O3. The molecule has 0 heterocycles. The van der Waals surface area contributed by atoms with Crippen molar-refractivity contribution >= 4 is 33.2 Å². The van der Waals surface area contributed by atoms with Gasteiger partial charge in [0.05, 0.1) is 21.7 Å². The van der Waals surface area contributed by atoms with Gasteiger partial charge in [-0.2, -0.15) is 0 Å². The van der Waals surface area contributed by atoms with Crippen LogP contribution in [0.1, 0.15) is 15.9 Å². The maximum atomic E-state index is 13.7. The molecule has 0 fully saturated rings. The molecule has 1 N–H and O–H groups in total. The fraction of sp³-hybridized carbons (Fsp3) is 0.0714. The Kier molecular flexibility index (Phi) is 4.32. The van der Waals surface area contributed by atoms with Crippen LogP contribution in [0, 0.1) is 22.9 Å². The first-order valence-electron chi connectivity index (χ1n) is 5.91. The van der Waals surface area contributed by atoms with Gasteiger partial charge >= 0.3 is 0 Å². The maximum Gasteiger partial charge on any atom is 0.274 e. The molecule has 0 aliphatic rings. The Labute approximate surface area is 128 Å². The van der Waals surface area contributed by atoms with Crippen molar-refractivity contribution < 1.29 is 14.1 Å². The molecule has 0 aliphatic carbocycles. The van der Waals surface area contributed by atoms with Gasteiger partial charge in [-0.05, 0) is 41.1 Å². The van der Waals surface area contributed by atoms with E-state index in [9.17, 15) is 19.3 Å². The van der Waals surface area contributed by atoms with E-state index >= 15 is 0 Å². The Hall–Kier alpha value is -2.28. The summed E-state index contributed by atoms with van der Waals surface area (Å²) < 4.78 is 14.0. The van der Waals surface area contributed by atoms with Crippen molar-refractivity contribution in [3.05, 3.63) is 67.9 Å². The molecule has 2 aromatic rings. The third kappa shape index (κ3) is 3.08. The summed E-state index contributed by atoms with van der Waals surface area (Å²) in [7, 11) is 0. The third-order valence-corrected chi connectivity index (χ3v) is 3.60. The van der Waals surface area contributed by atoms with Crippen LogP contribution in [0.15, 0.2) is 40.9 Å². The van der Waals surface area contributed by atoms with E-state index in [1.54, 1.807) is 0 Å². The zero-order chi connectivity index (χ0) is 15.6. The van der Waals surface area contributed by atoms with Crippen molar-refractivity contribution in [1.82, 2.24) is 0 Å². The summed E-state index contributed by atoms with van der Waals surface area (Å²) in [4.78, 5) is 22.5. The van der Waals surface area contributed by atoms with Crippen LogP contribution in [0.4, 0.5) is 15.8 Å². The second kappa shape index (κ2) is 6.01. The number of benzene rings is 2. The first kappa shape index (κ1) is 15.1. The van der Waals surface area contributed by atoms with Crippen LogP contribution in [0.25, 0.3) is 0 Å². The van der Waals surface area contributed by atoms with E-state index in [4.69, 9.17) is 0 Å². The monoisotopic (exact) mass is 352 g/mol. The number of nitrogens with zero attached hydrogens (tertiary/aromatic N) is 1. The summed E-state index contributed by atoms with van der Waals surface area (Å²) >= 11 is 3.11. The highest BCUT2D eigenvalue weighted by Crippen LogP contribution is 2.27. The fourth-order valence-electron chi connectivity index (χ4n) is 1.86. The minimum atomic E-state index is -0.677. The van der Waals surface area contributed by atoms with Gasteiger partial charge < -0.3 is 5.32 Å². The van der Waals surface area contributed by atoms with Gasteiger partial charge in [0.25, 0.3) is 11.6 Å². The Morgan fingerprint density at radius 3 is 2.57 bits per heavy atom. The summed E-state index contributed by atoms with van der Waals surface area (Å²) in [6.45, 7) is 1.52. The number of halogens is 2. The van der Waals surface area contributed by atoms with E-state index in [1.807, 2.05) is 0 Å². The Bertz CT molecular complexity index is 714. The molecule has 0 bridgehead atoms. The lowest BCUT2D eigenvalue weighted by Crippen LogP contribution is -2.15. The highest BCUT2D eigenvalue weighted by molar-refractivity contribution is 9.10. The number of rotatable bonds is 3. The van der Waals surface area contributed by atoms with Crippen molar-refractivity contribution in [1.29, 1.82) is 0 Å². The standard InChI is InChI=1S/C14H10BrFN2O3/c1-8-11(6-3-7-12(8)18(20)21)17-14(19)13-9(15)4-2-5-10(13)16/h2-7H,1H3,(H,17,19). The number of anilines is 1. The molecule has 0 radical (unpaired) electrons. The third-order valence-electron chi connectivity index (χ3n) is 2.94. The minimum Gasteiger partial charge on any atom is -0.321 e. The van der Waals surface area contributed by atoms with Gasteiger partial charge in [0.1, 0.15) is 5.82 Å². The SMILES string of the molecule is Cc1c(NC(=O)c2c(F)cccc2Br)cccc1[N+](=O)[O-]. The second-order valence-electron chi connectivity index (χ2n) is 4.26. The lowest BCUT2D eigenvalue weighted by molar-refractivity contribution is -0.385. The lowest BCUT2D eigenvalue weighted by atomic mass is 10.1. The fourth-order valence-corrected chi connectivity index (χ4v) is 2.38. The van der Waals surface area contributed by atoms with Gasteiger partial charge in [-0.15, -0.1) is 0 Å². The van der Waals surface area contributed by atoms with Gasteiger partial charge in [-0.1, -0.05) is 12.1 Å². The Morgan fingerprint density at radius 2 is 1.95 bits per heavy atom. The van der Waals surface area contributed by atoms with Crippen LogP contribution < -0.4 is 5.32 Å². The molecule has 2 aromatic carbocycles. The van der Waals surface area contributed by atoms with E-state index in [2.05, 4.69) is 21.2 Å². The maximum absolute atomic E-state index is 13.7. The van der Waals surface area contributed by atoms with Gasteiger partial charge in [-0.3, -0.25) is 14.9 Å². The number of nitro benzene ring substituents is 1. The van der Waals surface area contributed by atoms with Gasteiger partial charge in [0.2, 0.25) is 0 Å². The minimum absolute atomic E-state index is 0.111. The summed E-state index contributed by atoms with van der Waals surface area (Å²) in [5.41, 5.74) is 0.316. The molecule has 21 heavy (non-hydrogen) atoms. The first-order chi connectivity index (χ1) is 9.91. The number of hydrogen-bond acceptors (Lipinski definition) is 3. The predicted molar refractivity (Wildman–Crippen MR) is 79.9 cm³/mol. The zero-order valence-corrected chi connectivity index (χ0v) is 12.5. The number of nitrogens with one attached hydrogen (secondary N) is 1. The van der Waals surface area contributed by atoms with Crippen LogP contribution in [0.5, 0.6) is 0 Å². The molecule has 7 heteroatoms. The topological polar surface area (TPSA) is 72.2 Å². The summed E-state index contributed by atoms with van der Waals surface area (Å²) in [5, 5.41) is 13.4. The molecule has 0 saturated carbocycles. The molecule has 0 aliphatic heterocycles. The summed E-state index contributed by atoms with van der Waals surface area (Å²) in [6, 6.07) is 8.49. The van der Waals surface area contributed by atoms with E-state index in [0.717, 1.165) is 0 Å². The Balaban J connectivity index is 2.37. The van der Waals surface area contributed by atoms with Gasteiger partial charge in [0, 0.05) is 10.5 Å². The molecule has 0 unspecified atom stereocenters. The van der Waals surface area contributed by atoms with E-state index in [1.165, 1.54) is 43.3 Å². The van der Waals surface area contributed by atoms with Crippen LogP contribution in [-0.4, -0.2) is 10.8 Å². The summed E-state index contributed by atoms with van der Waals surface area (Å²) in [5.74, 6) is -1.35. The number of hydrogen-bond donors (Lipinski definition) is 1. The van der Waals surface area contributed by atoms with Crippen molar-refractivity contribution in [2.75, 3.05) is 5.32 Å². The molecule has 0 saturated heterocycles. The molecule has 0 aromatic heterocycles. The van der Waals surface area contributed by atoms with Crippen molar-refractivity contribution in [3.63, 3.8) is 0 Å². The predicted octanol–water partition coefficient (Wildman–Crippen LogP) is 4.06. The lowest BCUT2D eigenvalue weighted by Gasteiger charge is -2.10. The van der Waals surface area contributed by atoms with E-state index < -0.39 is 16.6 Å². The number of carbonyl (C=O) groups excluding carboxylic acids is 1. The quantitative estimate of drug-likeness (QED) is 0.668. The normalized spacial score (nSPS) is 10.2. The van der Waals surface area contributed by atoms with Gasteiger partial charge in [0.15, 0.2) is 0 Å². The van der Waals surface area contributed by atoms with Crippen LogP contribution in [0.2, 0.25) is 0 Å². The molecule has 0 spiro atoms. The first-order valence-corrected chi connectivity index (χ1v) is 6.70. The average Bonchev–Trinajstić information content (AvgIpc) is 2.40. The molecular weight excluding hydrogens is 343 g/mol. The number of nitro groups is 1. The number of amides is 1. The molecule has 2 rings (SSSR count). The van der Waals surface area contributed by atoms with Gasteiger partial charge in [-0.25, -0.2) is 4.39 Å². The van der Waals surface area contributed by atoms with Crippen LogP contribution in [0.3, 0.4) is 0 Å². The smallest absolute Gasteiger partial charge is 0.274 e. The second-order valence-corrected chi connectivity index (χ2v) is 5.11. The molecule has 108 valence electrons. The molecule has 1 amide bonds. The van der Waals surface area contributed by atoms with Crippen molar-refractivity contribution in [2.45, 2.75) is 6.92 Å². The average molecular weight is 353 g/mol. The summed E-state index contributed by atoms with van der Waals surface area (Å²) in [6.07, 6.45) is 0. The highest BCUT2D eigenvalue weighted by Gasteiger charge is 2.19. The van der Waals surface area contributed by atoms with Crippen LogP contribution >= 0.6 is 15.9 Å². The van der Waals surface area contributed by atoms with Crippen molar-refractivity contribution in [2.24, 2.45) is 0 Å². The largest absolute Gasteiger partial charge is 0.321 e. The zero-order valence-electron chi connectivity index (χ0n) is 10.9. The highest BCUT2D eigenvalue weighted by atomic mass is 79.9. The van der Waals surface area contributed by atoms with Crippen molar-refractivity contribution in [3.8, 4) is 0 Å². The van der Waals surface area contributed by atoms with E-state index in [-0.39, 0.29) is 16.9 Å². The van der Waals surface area contributed by atoms with E-state index in [0.29, 0.717) is 10.0 Å². The molecule has 5 nitrogen and oxygen atoms in total. The molecule has 0 atom stereocenters. The number of carbonyl (C=O) groups is 1.